The molecule has 1 aliphatic rings. The van der Waals surface area contributed by atoms with Gasteiger partial charge in [0.25, 0.3) is 0 Å². The van der Waals surface area contributed by atoms with Crippen LogP contribution in [0.15, 0.2) is 65.0 Å². The van der Waals surface area contributed by atoms with Gasteiger partial charge in [0.2, 0.25) is 0 Å². The fourth-order valence-electron chi connectivity index (χ4n) is 2.26. The minimum atomic E-state index is -0.381. The van der Waals surface area contributed by atoms with Gasteiger partial charge in [-0.25, -0.2) is 4.79 Å². The Morgan fingerprint density at radius 1 is 1.24 bits per heavy atom. The third kappa shape index (κ3) is 3.54. The average Bonchev–Trinajstić information content (AvgIpc) is 3.17. The summed E-state index contributed by atoms with van der Waals surface area (Å²) in [5.41, 5.74) is 0.963. The molecule has 0 radical (unpaired) electrons. The second-order valence-corrected chi connectivity index (χ2v) is 4.86. The molecule has 21 heavy (non-hydrogen) atoms. The highest BCUT2D eigenvalue weighted by Crippen LogP contribution is 2.34. The molecule has 1 fully saturated rings. The standard InChI is InChI=1S/C17H16O4/c18-17(20-12-13-5-2-1-3-6-13)11-14-8-9-16(21-14)15-7-4-10-19-15/h1-7,10-11,16H,8-9,12H2/b14-11+/t16-/m1/s1. The van der Waals surface area contributed by atoms with Gasteiger partial charge in [-0.15, -0.1) is 0 Å². The molecule has 1 aromatic heterocycles. The van der Waals surface area contributed by atoms with Crippen LogP contribution in [0.1, 0.15) is 30.3 Å². The molecule has 0 unspecified atom stereocenters. The van der Waals surface area contributed by atoms with Gasteiger partial charge in [0.15, 0.2) is 6.10 Å². The molecule has 1 saturated heterocycles. The summed E-state index contributed by atoms with van der Waals surface area (Å²) >= 11 is 0. The van der Waals surface area contributed by atoms with Crippen molar-refractivity contribution >= 4 is 5.97 Å². The normalized spacial score (nSPS) is 19.4. The summed E-state index contributed by atoms with van der Waals surface area (Å²) < 4.78 is 16.2. The van der Waals surface area contributed by atoms with Gasteiger partial charge in [-0.2, -0.15) is 0 Å². The zero-order valence-corrected chi connectivity index (χ0v) is 11.5. The Bertz CT molecular complexity index is 614. The van der Waals surface area contributed by atoms with E-state index in [2.05, 4.69) is 0 Å². The van der Waals surface area contributed by atoms with Crippen LogP contribution in [0.2, 0.25) is 0 Å². The highest BCUT2D eigenvalue weighted by Gasteiger charge is 2.25. The fourth-order valence-corrected chi connectivity index (χ4v) is 2.26. The predicted molar refractivity (Wildman–Crippen MR) is 76.1 cm³/mol. The maximum Gasteiger partial charge on any atom is 0.334 e. The molecule has 108 valence electrons. The summed E-state index contributed by atoms with van der Waals surface area (Å²) in [7, 11) is 0. The first-order valence-electron chi connectivity index (χ1n) is 6.92. The zero-order valence-electron chi connectivity index (χ0n) is 11.5. The second-order valence-electron chi connectivity index (χ2n) is 4.86. The van der Waals surface area contributed by atoms with Crippen molar-refractivity contribution in [2.24, 2.45) is 0 Å². The molecular weight excluding hydrogens is 268 g/mol. The van der Waals surface area contributed by atoms with E-state index in [1.54, 1.807) is 6.26 Å². The van der Waals surface area contributed by atoms with Crippen molar-refractivity contribution in [2.45, 2.75) is 25.6 Å². The number of furan rings is 1. The summed E-state index contributed by atoms with van der Waals surface area (Å²) in [6, 6.07) is 13.3. The molecule has 1 aliphatic heterocycles. The molecule has 0 amide bonds. The first-order chi connectivity index (χ1) is 10.3. The van der Waals surface area contributed by atoms with Crippen LogP contribution in [-0.2, 0) is 20.9 Å². The van der Waals surface area contributed by atoms with Crippen molar-refractivity contribution < 1.29 is 18.7 Å². The Labute approximate surface area is 123 Å². The molecule has 1 atom stereocenters. The SMILES string of the molecule is O=C(/C=C1\CC[C@H](c2ccco2)O1)OCc1ccccc1. The van der Waals surface area contributed by atoms with E-state index in [1.807, 2.05) is 42.5 Å². The lowest BCUT2D eigenvalue weighted by atomic mass is 10.2. The number of carbonyl (C=O) groups excluding carboxylic acids is 1. The van der Waals surface area contributed by atoms with Crippen molar-refractivity contribution in [3.8, 4) is 0 Å². The van der Waals surface area contributed by atoms with E-state index >= 15 is 0 Å². The van der Waals surface area contributed by atoms with Gasteiger partial charge in [-0.3, -0.25) is 0 Å². The van der Waals surface area contributed by atoms with Gasteiger partial charge in [0, 0.05) is 6.42 Å². The molecule has 4 heteroatoms. The van der Waals surface area contributed by atoms with Crippen LogP contribution in [0, 0.1) is 0 Å². The largest absolute Gasteiger partial charge is 0.487 e. The van der Waals surface area contributed by atoms with Gasteiger partial charge in [0.05, 0.1) is 12.3 Å². The Morgan fingerprint density at radius 2 is 2.10 bits per heavy atom. The minimum Gasteiger partial charge on any atom is -0.487 e. The minimum absolute atomic E-state index is 0.104. The average molecular weight is 284 g/mol. The Morgan fingerprint density at radius 3 is 2.86 bits per heavy atom. The van der Waals surface area contributed by atoms with E-state index in [-0.39, 0.29) is 18.7 Å². The van der Waals surface area contributed by atoms with Crippen molar-refractivity contribution in [2.75, 3.05) is 0 Å². The monoisotopic (exact) mass is 284 g/mol. The number of carbonyl (C=O) groups is 1. The Balaban J connectivity index is 1.52. The van der Waals surface area contributed by atoms with Crippen molar-refractivity contribution in [3.63, 3.8) is 0 Å². The zero-order chi connectivity index (χ0) is 14.5. The van der Waals surface area contributed by atoms with Crippen molar-refractivity contribution in [3.05, 3.63) is 71.9 Å². The third-order valence-corrected chi connectivity index (χ3v) is 3.31. The molecule has 4 nitrogen and oxygen atoms in total. The summed E-state index contributed by atoms with van der Waals surface area (Å²) in [5.74, 6) is 1.06. The molecule has 0 bridgehead atoms. The molecule has 3 rings (SSSR count). The molecular formula is C17H16O4. The molecule has 2 aromatic rings. The number of esters is 1. The number of allylic oxidation sites excluding steroid dienone is 1. The molecule has 0 N–H and O–H groups in total. The Hall–Kier alpha value is -2.49. The lowest BCUT2D eigenvalue weighted by Crippen LogP contribution is -2.02. The second kappa shape index (κ2) is 6.31. The summed E-state index contributed by atoms with van der Waals surface area (Å²) in [6.07, 6.45) is 4.46. The number of ether oxygens (including phenoxy) is 2. The van der Waals surface area contributed by atoms with Gasteiger partial charge in [-0.05, 0) is 24.1 Å². The maximum absolute atomic E-state index is 11.8. The van der Waals surface area contributed by atoms with Gasteiger partial charge in [0.1, 0.15) is 18.1 Å². The topological polar surface area (TPSA) is 48.7 Å². The van der Waals surface area contributed by atoms with Gasteiger partial charge in [-0.1, -0.05) is 30.3 Å². The molecule has 1 aromatic carbocycles. The molecule has 0 saturated carbocycles. The van der Waals surface area contributed by atoms with Gasteiger partial charge >= 0.3 is 5.97 Å². The van der Waals surface area contributed by atoms with Crippen molar-refractivity contribution in [1.82, 2.24) is 0 Å². The summed E-state index contributed by atoms with van der Waals surface area (Å²) in [5, 5.41) is 0. The van der Waals surface area contributed by atoms with Crippen LogP contribution >= 0.6 is 0 Å². The first-order valence-corrected chi connectivity index (χ1v) is 6.92. The van der Waals surface area contributed by atoms with Crippen LogP contribution in [0.3, 0.4) is 0 Å². The molecule has 0 spiro atoms. The van der Waals surface area contributed by atoms with Crippen LogP contribution < -0.4 is 0 Å². The lowest BCUT2D eigenvalue weighted by molar-refractivity contribution is -0.139. The van der Waals surface area contributed by atoms with E-state index in [1.165, 1.54) is 6.08 Å². The van der Waals surface area contributed by atoms with E-state index in [4.69, 9.17) is 13.9 Å². The predicted octanol–water partition coefficient (Wildman–Crippen LogP) is 3.76. The quantitative estimate of drug-likeness (QED) is 0.633. The van der Waals surface area contributed by atoms with Crippen LogP contribution in [0.5, 0.6) is 0 Å². The van der Waals surface area contributed by atoms with E-state index < -0.39 is 0 Å². The number of hydrogen-bond donors (Lipinski definition) is 0. The fraction of sp³-hybridized carbons (Fsp3) is 0.235. The summed E-state index contributed by atoms with van der Waals surface area (Å²) in [6.45, 7) is 0.269. The van der Waals surface area contributed by atoms with Crippen molar-refractivity contribution in [1.29, 1.82) is 0 Å². The van der Waals surface area contributed by atoms with Crippen LogP contribution in [0.4, 0.5) is 0 Å². The number of hydrogen-bond acceptors (Lipinski definition) is 4. The molecule has 2 heterocycles. The number of benzene rings is 1. The Kier molecular flexibility index (Phi) is 4.05. The van der Waals surface area contributed by atoms with E-state index in [9.17, 15) is 4.79 Å². The van der Waals surface area contributed by atoms with Crippen LogP contribution in [-0.4, -0.2) is 5.97 Å². The smallest absolute Gasteiger partial charge is 0.334 e. The van der Waals surface area contributed by atoms with Gasteiger partial charge < -0.3 is 13.9 Å². The number of rotatable bonds is 4. The van der Waals surface area contributed by atoms with Crippen LogP contribution in [0.25, 0.3) is 0 Å². The highest BCUT2D eigenvalue weighted by molar-refractivity contribution is 5.82. The van der Waals surface area contributed by atoms with E-state index in [0.29, 0.717) is 12.2 Å². The summed E-state index contributed by atoms with van der Waals surface area (Å²) in [4.78, 5) is 11.8. The lowest BCUT2D eigenvalue weighted by Gasteiger charge is -2.07. The third-order valence-electron chi connectivity index (χ3n) is 3.31. The maximum atomic E-state index is 11.8. The van der Waals surface area contributed by atoms with E-state index in [0.717, 1.165) is 17.7 Å². The highest BCUT2D eigenvalue weighted by atomic mass is 16.5. The first kappa shape index (κ1) is 13.5. The molecule has 0 aliphatic carbocycles.